The van der Waals surface area contributed by atoms with Crippen molar-refractivity contribution in [1.29, 1.82) is 0 Å². The third kappa shape index (κ3) is 3.82. The van der Waals surface area contributed by atoms with E-state index in [1.807, 2.05) is 26.0 Å². The smallest absolute Gasteiger partial charge is 0.153 e. The maximum atomic E-state index is 13.1. The Balaban J connectivity index is 1.48. The number of hydrogen-bond donors (Lipinski definition) is 3. The molecule has 1 aromatic carbocycles. The average Bonchev–Trinajstić information content (AvgIpc) is 3.35. The van der Waals surface area contributed by atoms with Crippen molar-refractivity contribution in [3.63, 3.8) is 0 Å². The lowest BCUT2D eigenvalue weighted by Gasteiger charge is -2.16. The van der Waals surface area contributed by atoms with Crippen LogP contribution in [0.25, 0.3) is 0 Å². The molecule has 0 unspecified atom stereocenters. The first-order chi connectivity index (χ1) is 12.6. The van der Waals surface area contributed by atoms with Gasteiger partial charge in [0.15, 0.2) is 5.82 Å². The van der Waals surface area contributed by atoms with Crippen molar-refractivity contribution in [2.24, 2.45) is 0 Å². The summed E-state index contributed by atoms with van der Waals surface area (Å²) in [5.74, 6) is 3.17. The molecule has 26 heavy (non-hydrogen) atoms. The first kappa shape index (κ1) is 16.5. The Morgan fingerprint density at radius 3 is 2.54 bits per heavy atom. The molecule has 0 bridgehead atoms. The van der Waals surface area contributed by atoms with Gasteiger partial charge < -0.3 is 10.6 Å². The van der Waals surface area contributed by atoms with Gasteiger partial charge in [-0.15, -0.1) is 0 Å². The highest BCUT2D eigenvalue weighted by Gasteiger charge is 2.25. The van der Waals surface area contributed by atoms with E-state index in [4.69, 9.17) is 0 Å². The van der Waals surface area contributed by atoms with Gasteiger partial charge >= 0.3 is 0 Å². The van der Waals surface area contributed by atoms with Crippen LogP contribution in [0.2, 0.25) is 0 Å². The zero-order valence-electron chi connectivity index (χ0n) is 14.8. The minimum absolute atomic E-state index is 0.00963. The Hall–Kier alpha value is -2.96. The van der Waals surface area contributed by atoms with Crippen LogP contribution in [0.4, 0.5) is 21.8 Å². The van der Waals surface area contributed by atoms with E-state index in [0.717, 1.165) is 11.4 Å². The minimum atomic E-state index is -0.241. The Bertz CT molecular complexity index is 901. The average molecular weight is 352 g/mol. The van der Waals surface area contributed by atoms with Crippen LogP contribution >= 0.6 is 0 Å². The van der Waals surface area contributed by atoms with Gasteiger partial charge in [0.25, 0.3) is 0 Å². The molecule has 0 amide bonds. The fourth-order valence-corrected chi connectivity index (χ4v) is 2.90. The van der Waals surface area contributed by atoms with Crippen LogP contribution in [-0.4, -0.2) is 20.2 Å². The predicted molar refractivity (Wildman–Crippen MR) is 99.1 cm³/mol. The highest BCUT2D eigenvalue weighted by molar-refractivity contribution is 5.57. The predicted octanol–water partition coefficient (Wildman–Crippen LogP) is 4.44. The fourth-order valence-electron chi connectivity index (χ4n) is 2.90. The van der Waals surface area contributed by atoms with Crippen molar-refractivity contribution >= 4 is 17.5 Å². The molecule has 7 heteroatoms. The van der Waals surface area contributed by atoms with Crippen molar-refractivity contribution in [2.75, 3.05) is 10.6 Å². The second-order valence-electron chi connectivity index (χ2n) is 6.71. The number of H-pyrrole nitrogens is 1. The molecule has 1 atom stereocenters. The minimum Gasteiger partial charge on any atom is -0.363 e. The molecule has 0 saturated heterocycles. The summed E-state index contributed by atoms with van der Waals surface area (Å²) >= 11 is 0. The van der Waals surface area contributed by atoms with Gasteiger partial charge in [0.2, 0.25) is 0 Å². The lowest BCUT2D eigenvalue weighted by Crippen LogP contribution is -2.09. The molecule has 0 radical (unpaired) electrons. The summed E-state index contributed by atoms with van der Waals surface area (Å²) in [6.07, 6.45) is 2.45. The van der Waals surface area contributed by atoms with E-state index in [0.29, 0.717) is 23.4 Å². The molecule has 0 spiro atoms. The molecule has 1 aliphatic rings. The third-order valence-corrected chi connectivity index (χ3v) is 4.44. The molecule has 6 nitrogen and oxygen atoms in total. The molecule has 134 valence electrons. The topological polar surface area (TPSA) is 78.5 Å². The van der Waals surface area contributed by atoms with Crippen molar-refractivity contribution in [3.8, 4) is 0 Å². The number of hydrogen-bond acceptors (Lipinski definition) is 5. The molecule has 3 N–H and O–H groups in total. The van der Waals surface area contributed by atoms with E-state index in [2.05, 4.69) is 30.8 Å². The SMILES string of the molecule is Cc1nc(Nc2cc(C3CC3)[nH]n2)cc(N[C@@H](C)c2ccc(F)cc2)n1. The molecular formula is C19H21FN6. The van der Waals surface area contributed by atoms with Gasteiger partial charge in [-0.05, 0) is 44.4 Å². The standard InChI is InChI=1S/C19H21FN6/c1-11(13-5-7-15(20)8-6-13)21-17-10-18(23-12(2)22-17)24-19-9-16(25-26-19)14-3-4-14/h5-11,14H,3-4H2,1-2H3,(H3,21,22,23,24,25,26)/t11-/m0/s1. The zero-order chi connectivity index (χ0) is 18.1. The van der Waals surface area contributed by atoms with Gasteiger partial charge in [0.1, 0.15) is 23.3 Å². The van der Waals surface area contributed by atoms with Crippen LogP contribution in [0.15, 0.2) is 36.4 Å². The van der Waals surface area contributed by atoms with E-state index in [-0.39, 0.29) is 11.9 Å². The number of aromatic nitrogens is 4. The summed E-state index contributed by atoms with van der Waals surface area (Å²) in [4.78, 5) is 8.86. The normalized spacial score (nSPS) is 14.9. The molecule has 1 saturated carbocycles. The lowest BCUT2D eigenvalue weighted by atomic mass is 10.1. The quantitative estimate of drug-likeness (QED) is 0.611. The van der Waals surface area contributed by atoms with Crippen molar-refractivity contribution in [1.82, 2.24) is 20.2 Å². The molecule has 1 fully saturated rings. The first-order valence-corrected chi connectivity index (χ1v) is 8.77. The second-order valence-corrected chi connectivity index (χ2v) is 6.71. The van der Waals surface area contributed by atoms with Crippen LogP contribution in [0.1, 0.15) is 48.8 Å². The van der Waals surface area contributed by atoms with Gasteiger partial charge in [-0.25, -0.2) is 14.4 Å². The zero-order valence-corrected chi connectivity index (χ0v) is 14.8. The molecule has 2 heterocycles. The van der Waals surface area contributed by atoms with Crippen LogP contribution in [0, 0.1) is 12.7 Å². The Labute approximate surface area is 151 Å². The maximum Gasteiger partial charge on any atom is 0.153 e. The van der Waals surface area contributed by atoms with Gasteiger partial charge in [-0.3, -0.25) is 5.10 Å². The molecule has 2 aromatic heterocycles. The summed E-state index contributed by atoms with van der Waals surface area (Å²) < 4.78 is 13.1. The number of halogens is 1. The van der Waals surface area contributed by atoms with E-state index < -0.39 is 0 Å². The Morgan fingerprint density at radius 1 is 1.08 bits per heavy atom. The van der Waals surface area contributed by atoms with E-state index in [1.165, 1.54) is 30.7 Å². The second kappa shape index (κ2) is 6.74. The van der Waals surface area contributed by atoms with Gasteiger partial charge in [-0.2, -0.15) is 5.10 Å². The summed E-state index contributed by atoms with van der Waals surface area (Å²) in [5, 5.41) is 13.9. The number of nitrogens with one attached hydrogen (secondary N) is 3. The Morgan fingerprint density at radius 2 is 1.81 bits per heavy atom. The maximum absolute atomic E-state index is 13.1. The van der Waals surface area contributed by atoms with Gasteiger partial charge in [0, 0.05) is 29.8 Å². The highest BCUT2D eigenvalue weighted by atomic mass is 19.1. The van der Waals surface area contributed by atoms with Crippen LogP contribution in [0.3, 0.4) is 0 Å². The first-order valence-electron chi connectivity index (χ1n) is 8.77. The monoisotopic (exact) mass is 352 g/mol. The lowest BCUT2D eigenvalue weighted by molar-refractivity contribution is 0.626. The number of nitrogens with zero attached hydrogens (tertiary/aromatic N) is 3. The summed E-state index contributed by atoms with van der Waals surface area (Å²) in [5.41, 5.74) is 2.15. The molecule has 4 rings (SSSR count). The molecule has 1 aliphatic carbocycles. The van der Waals surface area contributed by atoms with Crippen molar-refractivity contribution < 1.29 is 4.39 Å². The largest absolute Gasteiger partial charge is 0.363 e. The van der Waals surface area contributed by atoms with Crippen LogP contribution in [-0.2, 0) is 0 Å². The summed E-state index contributed by atoms with van der Waals surface area (Å²) in [7, 11) is 0. The third-order valence-electron chi connectivity index (χ3n) is 4.44. The van der Waals surface area contributed by atoms with Crippen LogP contribution in [0.5, 0.6) is 0 Å². The van der Waals surface area contributed by atoms with Gasteiger partial charge in [-0.1, -0.05) is 12.1 Å². The number of aryl methyl sites for hydroxylation is 1. The number of aromatic amines is 1. The Kier molecular flexibility index (Phi) is 4.28. The van der Waals surface area contributed by atoms with E-state index in [9.17, 15) is 4.39 Å². The van der Waals surface area contributed by atoms with Crippen molar-refractivity contribution in [3.05, 3.63) is 59.3 Å². The molecular weight excluding hydrogens is 331 g/mol. The highest BCUT2D eigenvalue weighted by Crippen LogP contribution is 2.39. The van der Waals surface area contributed by atoms with E-state index in [1.54, 1.807) is 12.1 Å². The molecule has 0 aliphatic heterocycles. The molecule has 3 aromatic rings. The summed E-state index contributed by atoms with van der Waals surface area (Å²) in [6, 6.07) is 10.3. The fraction of sp³-hybridized carbons (Fsp3) is 0.316. The summed E-state index contributed by atoms with van der Waals surface area (Å²) in [6.45, 7) is 3.85. The van der Waals surface area contributed by atoms with Crippen LogP contribution < -0.4 is 10.6 Å². The number of rotatable bonds is 6. The van der Waals surface area contributed by atoms with E-state index >= 15 is 0 Å². The van der Waals surface area contributed by atoms with Gasteiger partial charge in [0.05, 0.1) is 0 Å². The number of benzene rings is 1. The van der Waals surface area contributed by atoms with Crippen molar-refractivity contribution in [2.45, 2.75) is 38.6 Å². The number of anilines is 3.